The first-order chi connectivity index (χ1) is 7.74. The fraction of sp³-hybridized carbons (Fsp3) is 0.667. The molecule has 0 aliphatic carbocycles. The van der Waals surface area contributed by atoms with Gasteiger partial charge >= 0.3 is 0 Å². The van der Waals surface area contributed by atoms with Gasteiger partial charge in [-0.3, -0.25) is 4.79 Å². The van der Waals surface area contributed by atoms with Gasteiger partial charge in [-0.05, 0) is 12.8 Å². The molecule has 90 valence electrons. The van der Waals surface area contributed by atoms with Crippen molar-refractivity contribution in [1.29, 1.82) is 0 Å². The zero-order valence-electron chi connectivity index (χ0n) is 10.1. The van der Waals surface area contributed by atoms with Gasteiger partial charge in [0.2, 0.25) is 5.91 Å². The molecule has 4 nitrogen and oxygen atoms in total. The molecule has 0 bridgehead atoms. The second-order valence-corrected chi connectivity index (χ2v) is 4.13. The fourth-order valence-electron chi connectivity index (χ4n) is 1.63. The molecular formula is C12H21N3O. The first-order valence-corrected chi connectivity index (χ1v) is 5.97. The van der Waals surface area contributed by atoms with E-state index in [0.717, 1.165) is 32.4 Å². The first kappa shape index (κ1) is 12.7. The molecule has 0 aliphatic rings. The number of imidazole rings is 1. The lowest BCUT2D eigenvalue weighted by Gasteiger charge is -2.10. The van der Waals surface area contributed by atoms with Crippen LogP contribution in [0.5, 0.6) is 0 Å². The Balaban J connectivity index is 2.08. The summed E-state index contributed by atoms with van der Waals surface area (Å²) in [5.74, 6) is 0.311. The summed E-state index contributed by atoms with van der Waals surface area (Å²) in [6, 6.07) is 0. The number of hydrogen-bond donors (Lipinski definition) is 1. The third-order valence-electron chi connectivity index (χ3n) is 2.62. The summed E-state index contributed by atoms with van der Waals surface area (Å²) in [5.41, 5.74) is 0. The Kier molecular flexibility index (Phi) is 5.61. The largest absolute Gasteiger partial charge is 0.356 e. The molecule has 0 spiro atoms. The van der Waals surface area contributed by atoms with Gasteiger partial charge in [0, 0.05) is 31.4 Å². The zero-order chi connectivity index (χ0) is 11.8. The Morgan fingerprint density at radius 2 is 2.38 bits per heavy atom. The number of aryl methyl sites for hydroxylation is 1. The van der Waals surface area contributed by atoms with Crippen molar-refractivity contribution >= 4 is 5.91 Å². The minimum atomic E-state index is 0.137. The molecule has 1 atom stereocenters. The van der Waals surface area contributed by atoms with Crippen LogP contribution < -0.4 is 5.32 Å². The van der Waals surface area contributed by atoms with E-state index in [2.05, 4.69) is 17.2 Å². The molecule has 0 aliphatic heterocycles. The standard InChI is InChI=1S/C12H21N3O/c1-3-5-11(2)12(16)14-6-4-8-15-9-7-13-10-15/h7,9-11H,3-6,8H2,1-2H3,(H,14,16)/t11-/m1/s1. The van der Waals surface area contributed by atoms with Crippen LogP contribution in [0.15, 0.2) is 18.7 Å². The van der Waals surface area contributed by atoms with Crippen molar-refractivity contribution in [2.45, 2.75) is 39.7 Å². The van der Waals surface area contributed by atoms with Crippen LogP contribution in [0.4, 0.5) is 0 Å². The molecule has 1 aromatic heterocycles. The maximum Gasteiger partial charge on any atom is 0.222 e. The molecule has 1 amide bonds. The van der Waals surface area contributed by atoms with Crippen LogP contribution in [0.2, 0.25) is 0 Å². The van der Waals surface area contributed by atoms with E-state index < -0.39 is 0 Å². The quantitative estimate of drug-likeness (QED) is 0.717. The SMILES string of the molecule is CCC[C@@H](C)C(=O)NCCCn1ccnc1. The van der Waals surface area contributed by atoms with Crippen molar-refractivity contribution in [1.82, 2.24) is 14.9 Å². The highest BCUT2D eigenvalue weighted by molar-refractivity contribution is 5.78. The maximum absolute atomic E-state index is 11.6. The first-order valence-electron chi connectivity index (χ1n) is 5.97. The minimum absolute atomic E-state index is 0.137. The van der Waals surface area contributed by atoms with E-state index in [-0.39, 0.29) is 11.8 Å². The molecular weight excluding hydrogens is 202 g/mol. The lowest BCUT2D eigenvalue weighted by molar-refractivity contribution is -0.124. The van der Waals surface area contributed by atoms with Gasteiger partial charge in [0.25, 0.3) is 0 Å². The summed E-state index contributed by atoms with van der Waals surface area (Å²) in [6.07, 6.45) is 8.46. The Bertz CT molecular complexity index is 295. The molecule has 1 heterocycles. The lowest BCUT2D eigenvalue weighted by Crippen LogP contribution is -2.30. The van der Waals surface area contributed by atoms with E-state index in [1.807, 2.05) is 17.7 Å². The van der Waals surface area contributed by atoms with E-state index in [4.69, 9.17) is 0 Å². The Morgan fingerprint density at radius 3 is 3.00 bits per heavy atom. The molecule has 0 radical (unpaired) electrons. The number of aromatic nitrogens is 2. The molecule has 0 unspecified atom stereocenters. The van der Waals surface area contributed by atoms with Gasteiger partial charge < -0.3 is 9.88 Å². The second kappa shape index (κ2) is 7.04. The Morgan fingerprint density at radius 1 is 1.56 bits per heavy atom. The third-order valence-corrected chi connectivity index (χ3v) is 2.62. The van der Waals surface area contributed by atoms with Gasteiger partial charge in [0.15, 0.2) is 0 Å². The van der Waals surface area contributed by atoms with Crippen molar-refractivity contribution in [2.24, 2.45) is 5.92 Å². The second-order valence-electron chi connectivity index (χ2n) is 4.13. The summed E-state index contributed by atoms with van der Waals surface area (Å²) in [5, 5.41) is 2.96. The van der Waals surface area contributed by atoms with Crippen LogP contribution in [0.3, 0.4) is 0 Å². The monoisotopic (exact) mass is 223 g/mol. The summed E-state index contributed by atoms with van der Waals surface area (Å²) in [7, 11) is 0. The number of carbonyl (C=O) groups excluding carboxylic acids is 1. The van der Waals surface area contributed by atoms with Gasteiger partial charge in [-0.15, -0.1) is 0 Å². The van der Waals surface area contributed by atoms with Crippen LogP contribution in [0.1, 0.15) is 33.1 Å². The van der Waals surface area contributed by atoms with Crippen LogP contribution >= 0.6 is 0 Å². The van der Waals surface area contributed by atoms with Crippen molar-refractivity contribution < 1.29 is 4.79 Å². The maximum atomic E-state index is 11.6. The highest BCUT2D eigenvalue weighted by atomic mass is 16.1. The fourth-order valence-corrected chi connectivity index (χ4v) is 1.63. The summed E-state index contributed by atoms with van der Waals surface area (Å²) in [6.45, 7) is 5.73. The van der Waals surface area contributed by atoms with Gasteiger partial charge in [-0.25, -0.2) is 4.98 Å². The molecule has 0 aromatic carbocycles. The van der Waals surface area contributed by atoms with Crippen LogP contribution in [-0.2, 0) is 11.3 Å². The number of nitrogens with one attached hydrogen (secondary N) is 1. The smallest absolute Gasteiger partial charge is 0.222 e. The van der Waals surface area contributed by atoms with E-state index in [0.29, 0.717) is 0 Å². The normalized spacial score (nSPS) is 12.4. The molecule has 0 fully saturated rings. The number of carbonyl (C=O) groups is 1. The van der Waals surface area contributed by atoms with Gasteiger partial charge in [0.1, 0.15) is 0 Å². The number of hydrogen-bond acceptors (Lipinski definition) is 2. The van der Waals surface area contributed by atoms with Gasteiger partial charge in [-0.1, -0.05) is 20.3 Å². The third kappa shape index (κ3) is 4.47. The van der Waals surface area contributed by atoms with Crippen molar-refractivity contribution in [3.05, 3.63) is 18.7 Å². The zero-order valence-corrected chi connectivity index (χ0v) is 10.1. The van der Waals surface area contributed by atoms with Gasteiger partial charge in [-0.2, -0.15) is 0 Å². The van der Waals surface area contributed by atoms with Crippen LogP contribution in [-0.4, -0.2) is 22.0 Å². The van der Waals surface area contributed by atoms with E-state index in [1.54, 1.807) is 12.5 Å². The molecule has 16 heavy (non-hydrogen) atoms. The Labute approximate surface area is 97.1 Å². The molecule has 0 saturated carbocycles. The van der Waals surface area contributed by atoms with Crippen LogP contribution in [0.25, 0.3) is 0 Å². The summed E-state index contributed by atoms with van der Waals surface area (Å²) >= 11 is 0. The highest BCUT2D eigenvalue weighted by Gasteiger charge is 2.10. The predicted octanol–water partition coefficient (Wildman–Crippen LogP) is 1.83. The predicted molar refractivity (Wildman–Crippen MR) is 63.9 cm³/mol. The summed E-state index contributed by atoms with van der Waals surface area (Å²) in [4.78, 5) is 15.5. The average Bonchev–Trinajstić information content (AvgIpc) is 2.77. The number of rotatable bonds is 7. The van der Waals surface area contributed by atoms with E-state index >= 15 is 0 Å². The van der Waals surface area contributed by atoms with Crippen molar-refractivity contribution in [2.75, 3.05) is 6.54 Å². The molecule has 4 heteroatoms. The van der Waals surface area contributed by atoms with Crippen molar-refractivity contribution in [3.63, 3.8) is 0 Å². The minimum Gasteiger partial charge on any atom is -0.356 e. The molecule has 0 saturated heterocycles. The van der Waals surface area contributed by atoms with Gasteiger partial charge in [0.05, 0.1) is 6.33 Å². The topological polar surface area (TPSA) is 46.9 Å². The number of amides is 1. The van der Waals surface area contributed by atoms with Crippen LogP contribution in [0, 0.1) is 5.92 Å². The van der Waals surface area contributed by atoms with Crippen molar-refractivity contribution in [3.8, 4) is 0 Å². The highest BCUT2D eigenvalue weighted by Crippen LogP contribution is 2.04. The summed E-state index contributed by atoms with van der Waals surface area (Å²) < 4.78 is 2.02. The molecule has 1 rings (SSSR count). The average molecular weight is 223 g/mol. The molecule has 1 aromatic rings. The van der Waals surface area contributed by atoms with E-state index in [1.165, 1.54) is 0 Å². The number of nitrogens with zero attached hydrogens (tertiary/aromatic N) is 2. The molecule has 1 N–H and O–H groups in total. The lowest BCUT2D eigenvalue weighted by atomic mass is 10.1. The Hall–Kier alpha value is -1.32. The van der Waals surface area contributed by atoms with E-state index in [9.17, 15) is 4.79 Å².